The molecule has 3 aromatic rings. The highest BCUT2D eigenvalue weighted by Crippen LogP contribution is 2.16. The van der Waals surface area contributed by atoms with Gasteiger partial charge in [0.1, 0.15) is 0 Å². The van der Waals surface area contributed by atoms with E-state index < -0.39 is 5.91 Å². The van der Waals surface area contributed by atoms with Crippen LogP contribution < -0.4 is 10.7 Å². The van der Waals surface area contributed by atoms with E-state index in [0.29, 0.717) is 22.5 Å². The zero-order valence-corrected chi connectivity index (χ0v) is 15.6. The molecular formula is C22H20N4O2. The maximum atomic E-state index is 12.6. The first-order chi connectivity index (χ1) is 13.5. The van der Waals surface area contributed by atoms with Gasteiger partial charge in [-0.1, -0.05) is 42.0 Å². The number of aryl methyl sites for hydroxylation is 1. The summed E-state index contributed by atoms with van der Waals surface area (Å²) in [6, 6.07) is 18.0. The van der Waals surface area contributed by atoms with Crippen molar-refractivity contribution in [3.8, 4) is 0 Å². The van der Waals surface area contributed by atoms with Crippen LogP contribution in [0.3, 0.4) is 0 Å². The predicted octanol–water partition coefficient (Wildman–Crippen LogP) is 3.80. The average Bonchev–Trinajstić information content (AvgIpc) is 2.73. The zero-order valence-electron chi connectivity index (χ0n) is 15.6. The van der Waals surface area contributed by atoms with Gasteiger partial charge in [-0.15, -0.1) is 0 Å². The number of nitrogens with one attached hydrogen (secondary N) is 2. The molecule has 0 saturated carbocycles. The summed E-state index contributed by atoms with van der Waals surface area (Å²) in [7, 11) is 0. The van der Waals surface area contributed by atoms with Crippen LogP contribution in [0.25, 0.3) is 0 Å². The fraction of sp³-hybridized carbons (Fsp3) is 0.0909. The minimum atomic E-state index is -0.409. The molecule has 0 unspecified atom stereocenters. The van der Waals surface area contributed by atoms with E-state index in [4.69, 9.17) is 0 Å². The minimum absolute atomic E-state index is 0.320. The molecule has 140 valence electrons. The monoisotopic (exact) mass is 372 g/mol. The third-order valence-electron chi connectivity index (χ3n) is 4.14. The molecule has 6 heteroatoms. The third kappa shape index (κ3) is 4.67. The summed E-state index contributed by atoms with van der Waals surface area (Å²) >= 11 is 0. The van der Waals surface area contributed by atoms with Crippen LogP contribution in [-0.2, 0) is 0 Å². The fourth-order valence-corrected chi connectivity index (χ4v) is 2.54. The van der Waals surface area contributed by atoms with E-state index in [-0.39, 0.29) is 5.91 Å². The van der Waals surface area contributed by atoms with Crippen molar-refractivity contribution in [2.75, 3.05) is 5.32 Å². The second-order valence-electron chi connectivity index (χ2n) is 6.25. The second-order valence-corrected chi connectivity index (χ2v) is 6.25. The molecular weight excluding hydrogens is 352 g/mol. The highest BCUT2D eigenvalue weighted by molar-refractivity contribution is 6.09. The lowest BCUT2D eigenvalue weighted by Gasteiger charge is -2.10. The lowest BCUT2D eigenvalue weighted by atomic mass is 10.1. The Morgan fingerprint density at radius 1 is 0.893 bits per heavy atom. The van der Waals surface area contributed by atoms with Crippen molar-refractivity contribution in [3.05, 3.63) is 95.3 Å². The van der Waals surface area contributed by atoms with Gasteiger partial charge in [-0.25, -0.2) is 5.43 Å². The molecule has 1 heterocycles. The van der Waals surface area contributed by atoms with Gasteiger partial charge in [-0.2, -0.15) is 5.10 Å². The molecule has 2 N–H and O–H groups in total. The molecule has 1 aromatic heterocycles. The van der Waals surface area contributed by atoms with Gasteiger partial charge in [0.25, 0.3) is 11.8 Å². The van der Waals surface area contributed by atoms with Crippen LogP contribution in [-0.4, -0.2) is 22.5 Å². The minimum Gasteiger partial charge on any atom is -0.321 e. The van der Waals surface area contributed by atoms with Gasteiger partial charge < -0.3 is 5.32 Å². The number of rotatable bonds is 5. The summed E-state index contributed by atoms with van der Waals surface area (Å²) in [5.74, 6) is -0.749. The predicted molar refractivity (Wildman–Crippen MR) is 109 cm³/mol. The molecule has 0 aliphatic rings. The quantitative estimate of drug-likeness (QED) is 0.528. The van der Waals surface area contributed by atoms with E-state index in [1.54, 1.807) is 42.6 Å². The van der Waals surface area contributed by atoms with Gasteiger partial charge in [0, 0.05) is 12.4 Å². The Bertz CT molecular complexity index is 1010. The molecule has 0 aliphatic carbocycles. The number of hydrazone groups is 1. The van der Waals surface area contributed by atoms with Crippen molar-refractivity contribution in [1.29, 1.82) is 0 Å². The Labute approximate surface area is 163 Å². The number of carbonyl (C=O) groups excluding carboxylic acids is 2. The highest BCUT2D eigenvalue weighted by atomic mass is 16.2. The van der Waals surface area contributed by atoms with Crippen LogP contribution in [0.2, 0.25) is 0 Å². The Kier molecular flexibility index (Phi) is 5.91. The maximum Gasteiger partial charge on any atom is 0.273 e. The number of pyridine rings is 1. The largest absolute Gasteiger partial charge is 0.321 e. The summed E-state index contributed by atoms with van der Waals surface area (Å²) in [5.41, 5.74) is 6.44. The lowest BCUT2D eigenvalue weighted by Crippen LogP contribution is -2.22. The van der Waals surface area contributed by atoms with Gasteiger partial charge in [0.05, 0.1) is 22.5 Å². The van der Waals surface area contributed by atoms with Gasteiger partial charge >= 0.3 is 0 Å². The van der Waals surface area contributed by atoms with Crippen LogP contribution in [0, 0.1) is 6.92 Å². The molecule has 0 spiro atoms. The van der Waals surface area contributed by atoms with Crippen LogP contribution >= 0.6 is 0 Å². The summed E-state index contributed by atoms with van der Waals surface area (Å²) in [4.78, 5) is 28.9. The summed E-state index contributed by atoms with van der Waals surface area (Å²) in [5, 5.41) is 6.92. The Balaban J connectivity index is 1.74. The number of aromatic nitrogens is 1. The fourth-order valence-electron chi connectivity index (χ4n) is 2.54. The normalized spacial score (nSPS) is 11.0. The van der Waals surface area contributed by atoms with E-state index in [0.717, 1.165) is 11.1 Å². The van der Waals surface area contributed by atoms with Crippen molar-refractivity contribution in [2.24, 2.45) is 5.10 Å². The number of hydrogen-bond acceptors (Lipinski definition) is 4. The number of anilines is 1. The van der Waals surface area contributed by atoms with Crippen molar-refractivity contribution < 1.29 is 9.59 Å². The van der Waals surface area contributed by atoms with E-state index in [2.05, 4.69) is 20.8 Å². The molecule has 0 atom stereocenters. The molecule has 0 fully saturated rings. The Hall–Kier alpha value is -3.80. The molecule has 0 bridgehead atoms. The molecule has 2 amide bonds. The smallest absolute Gasteiger partial charge is 0.273 e. The summed E-state index contributed by atoms with van der Waals surface area (Å²) < 4.78 is 0. The van der Waals surface area contributed by atoms with Gasteiger partial charge in [0.2, 0.25) is 0 Å². The maximum absolute atomic E-state index is 12.6. The molecule has 28 heavy (non-hydrogen) atoms. The van der Waals surface area contributed by atoms with E-state index >= 15 is 0 Å². The van der Waals surface area contributed by atoms with E-state index in [1.165, 1.54) is 6.20 Å². The van der Waals surface area contributed by atoms with Crippen LogP contribution in [0.1, 0.15) is 38.8 Å². The number of amides is 2. The molecule has 0 aliphatic heterocycles. The van der Waals surface area contributed by atoms with E-state index in [1.807, 2.05) is 38.1 Å². The average molecular weight is 372 g/mol. The topological polar surface area (TPSA) is 83.5 Å². The SMILES string of the molecule is CC(=NNC(=O)c1ccccc1NC(=O)c1cccnc1)c1ccc(C)cc1. The van der Waals surface area contributed by atoms with E-state index in [9.17, 15) is 9.59 Å². The second kappa shape index (κ2) is 8.73. The first kappa shape index (κ1) is 19.0. The first-order valence-electron chi connectivity index (χ1n) is 8.76. The lowest BCUT2D eigenvalue weighted by molar-refractivity contribution is 0.0955. The third-order valence-corrected chi connectivity index (χ3v) is 4.14. The molecule has 0 radical (unpaired) electrons. The standard InChI is InChI=1S/C22H20N4O2/c1-15-9-11-17(12-10-15)16(2)25-26-22(28)19-7-3-4-8-20(19)24-21(27)18-6-5-13-23-14-18/h3-14H,1-2H3,(H,24,27)(H,26,28). The van der Waals surface area contributed by atoms with Crippen molar-refractivity contribution >= 4 is 23.2 Å². The Morgan fingerprint density at radius 3 is 2.36 bits per heavy atom. The number of hydrogen-bond donors (Lipinski definition) is 2. The zero-order chi connectivity index (χ0) is 19.9. The summed E-state index contributed by atoms with van der Waals surface area (Å²) in [6.45, 7) is 3.83. The first-order valence-corrected chi connectivity index (χ1v) is 8.76. The van der Waals surface area contributed by atoms with Crippen LogP contribution in [0.5, 0.6) is 0 Å². The number of nitrogens with zero attached hydrogens (tertiary/aromatic N) is 2. The van der Waals surface area contributed by atoms with Gasteiger partial charge in [0.15, 0.2) is 0 Å². The van der Waals surface area contributed by atoms with Crippen LogP contribution in [0.15, 0.2) is 78.2 Å². The number of benzene rings is 2. The summed E-state index contributed by atoms with van der Waals surface area (Å²) in [6.07, 6.45) is 3.06. The molecule has 2 aromatic carbocycles. The number of carbonyl (C=O) groups is 2. The molecule has 6 nitrogen and oxygen atoms in total. The van der Waals surface area contributed by atoms with Crippen molar-refractivity contribution in [3.63, 3.8) is 0 Å². The highest BCUT2D eigenvalue weighted by Gasteiger charge is 2.14. The van der Waals surface area contributed by atoms with Crippen molar-refractivity contribution in [1.82, 2.24) is 10.4 Å². The molecule has 0 saturated heterocycles. The van der Waals surface area contributed by atoms with Crippen LogP contribution in [0.4, 0.5) is 5.69 Å². The van der Waals surface area contributed by atoms with Crippen molar-refractivity contribution in [2.45, 2.75) is 13.8 Å². The van der Waals surface area contributed by atoms with Gasteiger partial charge in [-0.05, 0) is 43.7 Å². The molecule has 3 rings (SSSR count). The Morgan fingerprint density at radius 2 is 1.64 bits per heavy atom. The number of para-hydroxylation sites is 1. The van der Waals surface area contributed by atoms with Gasteiger partial charge in [-0.3, -0.25) is 14.6 Å².